The van der Waals surface area contributed by atoms with Gasteiger partial charge in [-0.1, -0.05) is 11.8 Å². The number of rotatable bonds is 6. The van der Waals surface area contributed by atoms with Crippen molar-refractivity contribution in [3.05, 3.63) is 24.3 Å². The molecule has 3 N–H and O–H groups in total. The summed E-state index contributed by atoms with van der Waals surface area (Å²) in [5.41, 5.74) is 0.869. The summed E-state index contributed by atoms with van der Waals surface area (Å²) in [7, 11) is 1.63. The first-order chi connectivity index (χ1) is 14.4. The maximum Gasteiger partial charge on any atom is 0.233 e. The molecule has 8 heteroatoms. The van der Waals surface area contributed by atoms with Gasteiger partial charge in [-0.05, 0) is 87.5 Å². The normalized spacial score (nSPS) is 30.3. The van der Waals surface area contributed by atoms with Gasteiger partial charge in [0.05, 0.1) is 12.4 Å². The van der Waals surface area contributed by atoms with E-state index in [1.165, 1.54) is 35.7 Å². The first kappa shape index (κ1) is 19.7. The van der Waals surface area contributed by atoms with Gasteiger partial charge in [0.2, 0.25) is 11.1 Å². The van der Waals surface area contributed by atoms with Crippen molar-refractivity contribution in [3.8, 4) is 17.1 Å². The number of carbonyl (C=O) groups excluding carboxylic acids is 1. The molecule has 1 amide bonds. The van der Waals surface area contributed by atoms with Gasteiger partial charge in [-0.15, -0.1) is 10.2 Å². The number of thioether (sulfide) groups is 1. The lowest BCUT2D eigenvalue weighted by Gasteiger charge is -2.57. The van der Waals surface area contributed by atoms with E-state index in [1.807, 2.05) is 31.2 Å². The second-order valence-corrected chi connectivity index (χ2v) is 10.7. The first-order valence-corrected chi connectivity index (χ1v) is 11.7. The number of aromatic nitrogens is 3. The highest BCUT2D eigenvalue weighted by Crippen LogP contribution is 2.55. The van der Waals surface area contributed by atoms with Crippen molar-refractivity contribution in [1.82, 2.24) is 20.2 Å². The van der Waals surface area contributed by atoms with Crippen molar-refractivity contribution in [2.24, 2.45) is 17.8 Å². The van der Waals surface area contributed by atoms with Gasteiger partial charge in [0.1, 0.15) is 5.75 Å². The van der Waals surface area contributed by atoms with E-state index in [9.17, 15) is 4.79 Å². The standard InChI is InChI=1S/C22H29N5O2S/c1-13(20(28)24-22-10-14-7-15(11-22)9-16(8-14)12-22)30-21-26-25-19(27(21)23)17-3-5-18(29-2)6-4-17/h3-6,13-16H,7-12,23H2,1-2H3,(H,24,28). The van der Waals surface area contributed by atoms with Gasteiger partial charge < -0.3 is 15.9 Å². The topological polar surface area (TPSA) is 95.1 Å². The molecular weight excluding hydrogens is 398 g/mol. The molecule has 1 aromatic heterocycles. The average molecular weight is 428 g/mol. The molecule has 0 aliphatic heterocycles. The van der Waals surface area contributed by atoms with Crippen molar-refractivity contribution in [3.63, 3.8) is 0 Å². The van der Waals surface area contributed by atoms with E-state index < -0.39 is 0 Å². The zero-order valence-electron chi connectivity index (χ0n) is 17.5. The Morgan fingerprint density at radius 2 is 1.77 bits per heavy atom. The fourth-order valence-electron chi connectivity index (χ4n) is 6.13. The zero-order valence-corrected chi connectivity index (χ0v) is 18.3. The lowest BCUT2D eigenvalue weighted by molar-refractivity contribution is -0.126. The van der Waals surface area contributed by atoms with Crippen molar-refractivity contribution < 1.29 is 9.53 Å². The number of nitrogens with zero attached hydrogens (tertiary/aromatic N) is 3. The number of amides is 1. The first-order valence-electron chi connectivity index (χ1n) is 10.8. The van der Waals surface area contributed by atoms with E-state index in [0.29, 0.717) is 11.0 Å². The Labute approximate surface area is 181 Å². The third kappa shape index (κ3) is 3.55. The second-order valence-electron chi connectivity index (χ2n) is 9.35. The van der Waals surface area contributed by atoms with Gasteiger partial charge in [-0.25, -0.2) is 4.68 Å². The molecule has 7 nitrogen and oxygen atoms in total. The molecule has 4 fully saturated rings. The second kappa shape index (κ2) is 7.48. The summed E-state index contributed by atoms with van der Waals surface area (Å²) in [6.45, 7) is 1.92. The molecule has 1 atom stereocenters. The van der Waals surface area contributed by atoms with E-state index >= 15 is 0 Å². The molecule has 0 saturated heterocycles. The smallest absolute Gasteiger partial charge is 0.233 e. The molecule has 6 rings (SSSR count). The molecule has 4 aliphatic carbocycles. The summed E-state index contributed by atoms with van der Waals surface area (Å²) in [5, 5.41) is 12.1. The Bertz CT molecular complexity index is 906. The minimum atomic E-state index is -0.284. The fraction of sp³-hybridized carbons (Fsp3) is 0.591. The van der Waals surface area contributed by atoms with Crippen molar-refractivity contribution in [2.75, 3.05) is 13.0 Å². The van der Waals surface area contributed by atoms with Crippen LogP contribution in [-0.4, -0.2) is 38.7 Å². The van der Waals surface area contributed by atoms with E-state index in [4.69, 9.17) is 10.6 Å². The predicted octanol–water partition coefficient (Wildman–Crippen LogP) is 3.23. The molecule has 4 aliphatic rings. The Morgan fingerprint density at radius 3 is 2.33 bits per heavy atom. The van der Waals surface area contributed by atoms with Crippen LogP contribution in [0, 0.1) is 17.8 Å². The van der Waals surface area contributed by atoms with Crippen LogP contribution in [0.4, 0.5) is 0 Å². The fourth-order valence-corrected chi connectivity index (χ4v) is 6.90. The summed E-state index contributed by atoms with van der Waals surface area (Å²) in [5.74, 6) is 10.1. The quantitative estimate of drug-likeness (QED) is 0.543. The molecule has 0 radical (unpaired) electrons. The van der Waals surface area contributed by atoms with Crippen LogP contribution in [0.3, 0.4) is 0 Å². The molecular formula is C22H29N5O2S. The van der Waals surface area contributed by atoms with Crippen LogP contribution in [-0.2, 0) is 4.79 Å². The molecule has 4 saturated carbocycles. The van der Waals surface area contributed by atoms with E-state index in [2.05, 4.69) is 15.5 Å². The van der Waals surface area contributed by atoms with Crippen LogP contribution in [0.25, 0.3) is 11.4 Å². The van der Waals surface area contributed by atoms with Crippen LogP contribution < -0.4 is 15.9 Å². The predicted molar refractivity (Wildman–Crippen MR) is 117 cm³/mol. The Kier molecular flexibility index (Phi) is 4.92. The lowest BCUT2D eigenvalue weighted by atomic mass is 9.53. The minimum absolute atomic E-state index is 0.0191. The number of hydrogen-bond acceptors (Lipinski definition) is 6. The molecule has 1 aromatic carbocycles. The minimum Gasteiger partial charge on any atom is -0.497 e. The highest BCUT2D eigenvalue weighted by Gasteiger charge is 2.51. The molecule has 30 heavy (non-hydrogen) atoms. The van der Waals surface area contributed by atoms with Crippen LogP contribution >= 0.6 is 11.8 Å². The summed E-state index contributed by atoms with van der Waals surface area (Å²) >= 11 is 1.36. The third-order valence-electron chi connectivity index (χ3n) is 7.09. The number of nitrogen functional groups attached to an aromatic ring is 1. The van der Waals surface area contributed by atoms with E-state index in [0.717, 1.165) is 48.3 Å². The van der Waals surface area contributed by atoms with Crippen molar-refractivity contribution in [2.45, 2.75) is 61.4 Å². The van der Waals surface area contributed by atoms with Crippen molar-refractivity contribution >= 4 is 17.7 Å². The van der Waals surface area contributed by atoms with Gasteiger partial charge >= 0.3 is 0 Å². The van der Waals surface area contributed by atoms with E-state index in [-0.39, 0.29) is 16.7 Å². The number of nitrogens with one attached hydrogen (secondary N) is 1. The monoisotopic (exact) mass is 427 g/mol. The maximum atomic E-state index is 13.0. The van der Waals surface area contributed by atoms with Crippen LogP contribution in [0.2, 0.25) is 0 Å². The van der Waals surface area contributed by atoms with Gasteiger partial charge in [0.25, 0.3) is 0 Å². The van der Waals surface area contributed by atoms with E-state index in [1.54, 1.807) is 7.11 Å². The largest absolute Gasteiger partial charge is 0.497 e. The third-order valence-corrected chi connectivity index (χ3v) is 8.15. The molecule has 0 spiro atoms. The van der Waals surface area contributed by atoms with Gasteiger partial charge in [0, 0.05) is 11.1 Å². The van der Waals surface area contributed by atoms with Crippen molar-refractivity contribution in [1.29, 1.82) is 0 Å². The summed E-state index contributed by atoms with van der Waals surface area (Å²) < 4.78 is 6.66. The average Bonchev–Trinajstić information content (AvgIpc) is 3.07. The van der Waals surface area contributed by atoms with Crippen LogP contribution in [0.1, 0.15) is 45.4 Å². The van der Waals surface area contributed by atoms with Gasteiger partial charge in [-0.2, -0.15) is 0 Å². The van der Waals surface area contributed by atoms with Crippen LogP contribution in [0.5, 0.6) is 5.75 Å². The number of nitrogens with two attached hydrogens (primary N) is 1. The number of ether oxygens (including phenoxy) is 1. The molecule has 1 unspecified atom stereocenters. The Hall–Kier alpha value is -2.22. The highest BCUT2D eigenvalue weighted by molar-refractivity contribution is 8.00. The maximum absolute atomic E-state index is 13.0. The number of carbonyl (C=O) groups is 1. The highest BCUT2D eigenvalue weighted by atomic mass is 32.2. The summed E-state index contributed by atoms with van der Waals surface area (Å²) in [6, 6.07) is 7.50. The van der Waals surface area contributed by atoms with Crippen LogP contribution in [0.15, 0.2) is 29.4 Å². The summed E-state index contributed by atoms with van der Waals surface area (Å²) in [4.78, 5) is 13.0. The lowest BCUT2D eigenvalue weighted by Crippen LogP contribution is -2.60. The Morgan fingerprint density at radius 1 is 1.17 bits per heavy atom. The molecule has 4 bridgehead atoms. The molecule has 1 heterocycles. The zero-order chi connectivity index (χ0) is 20.9. The number of methoxy groups -OCH3 is 1. The number of hydrogen-bond donors (Lipinski definition) is 2. The Balaban J connectivity index is 1.26. The van der Waals surface area contributed by atoms with Gasteiger partial charge in [0.15, 0.2) is 5.82 Å². The number of benzene rings is 1. The summed E-state index contributed by atoms with van der Waals surface area (Å²) in [6.07, 6.45) is 7.54. The molecule has 160 valence electrons. The van der Waals surface area contributed by atoms with Gasteiger partial charge in [-0.3, -0.25) is 4.79 Å². The SMILES string of the molecule is COc1ccc(-c2nnc(SC(C)C(=O)NC34CC5CC(CC(C5)C3)C4)n2N)cc1. The molecule has 2 aromatic rings.